The van der Waals surface area contributed by atoms with Gasteiger partial charge in [-0.05, 0) is 23.8 Å². The molecule has 0 bridgehead atoms. The summed E-state index contributed by atoms with van der Waals surface area (Å²) in [4.78, 5) is 18.8. The zero-order chi connectivity index (χ0) is 17.8. The Kier molecular flexibility index (Phi) is 4.76. The maximum Gasteiger partial charge on any atom is 0.255 e. The fourth-order valence-corrected chi connectivity index (χ4v) is 2.65. The van der Waals surface area contributed by atoms with Crippen LogP contribution in [-0.4, -0.2) is 33.0 Å². The largest absolute Gasteiger partial charge is 0.507 e. The number of nitrogens with one attached hydrogen (secondary N) is 2. The molecule has 4 N–H and O–H groups in total. The highest BCUT2D eigenvalue weighted by molar-refractivity contribution is 6.02. The molecule has 0 saturated carbocycles. The number of aromatic amines is 1. The van der Waals surface area contributed by atoms with E-state index in [1.165, 1.54) is 6.21 Å². The number of anilines is 1. The average Bonchev–Trinajstić information content (AvgIpc) is 2.60. The lowest BCUT2D eigenvalue weighted by Gasteiger charge is -2.06. The minimum absolute atomic E-state index is 0.111. The number of aromatic nitrogens is 2. The van der Waals surface area contributed by atoms with Crippen LogP contribution in [0.15, 0.2) is 46.3 Å². The van der Waals surface area contributed by atoms with Crippen molar-refractivity contribution in [3.63, 3.8) is 0 Å². The van der Waals surface area contributed by atoms with Crippen LogP contribution in [0.4, 0.5) is 5.95 Å². The van der Waals surface area contributed by atoms with E-state index in [0.717, 1.165) is 10.8 Å². The number of phenols is 1. The summed E-state index contributed by atoms with van der Waals surface area (Å²) in [7, 11) is 0. The summed E-state index contributed by atoms with van der Waals surface area (Å²) in [5.41, 5.74) is 3.90. The number of H-pyrrole nitrogens is 1. The first-order valence-corrected chi connectivity index (χ1v) is 7.80. The maximum atomic E-state index is 12.0. The lowest BCUT2D eigenvalue weighted by molar-refractivity contribution is 0.298. The lowest BCUT2D eigenvalue weighted by Crippen LogP contribution is -2.19. The van der Waals surface area contributed by atoms with Gasteiger partial charge in [0.1, 0.15) is 5.75 Å². The van der Waals surface area contributed by atoms with Crippen molar-refractivity contribution in [2.75, 3.05) is 12.0 Å². The number of hydrogen-bond donors (Lipinski definition) is 4. The number of benzene rings is 2. The molecule has 0 aliphatic rings. The van der Waals surface area contributed by atoms with E-state index < -0.39 is 0 Å². The number of fused-ring (bicyclic) bond motifs is 1. The number of phenolic OH excluding ortho intramolecular Hbond substituents is 1. The third-order valence-electron chi connectivity index (χ3n) is 3.90. The first-order valence-electron chi connectivity index (χ1n) is 7.80. The first-order chi connectivity index (χ1) is 12.1. The van der Waals surface area contributed by atoms with E-state index in [1.807, 2.05) is 30.3 Å². The van der Waals surface area contributed by atoms with Crippen LogP contribution >= 0.6 is 0 Å². The van der Waals surface area contributed by atoms with Crippen LogP contribution in [-0.2, 0) is 6.42 Å². The molecule has 0 fully saturated rings. The molecule has 25 heavy (non-hydrogen) atoms. The minimum Gasteiger partial charge on any atom is -0.507 e. The van der Waals surface area contributed by atoms with Gasteiger partial charge in [-0.15, -0.1) is 0 Å². The van der Waals surface area contributed by atoms with Gasteiger partial charge in [0.05, 0.1) is 11.9 Å². The van der Waals surface area contributed by atoms with Crippen molar-refractivity contribution in [3.8, 4) is 5.75 Å². The molecular weight excluding hydrogens is 320 g/mol. The Bertz CT molecular complexity index is 995. The molecule has 0 atom stereocenters. The van der Waals surface area contributed by atoms with Crippen LogP contribution in [0.25, 0.3) is 10.8 Å². The van der Waals surface area contributed by atoms with Gasteiger partial charge in [0.25, 0.3) is 5.56 Å². The van der Waals surface area contributed by atoms with E-state index >= 15 is 0 Å². The molecular formula is C18H18N4O3. The number of rotatable bonds is 5. The van der Waals surface area contributed by atoms with Crippen molar-refractivity contribution in [1.29, 1.82) is 0 Å². The molecule has 0 saturated heterocycles. The summed E-state index contributed by atoms with van der Waals surface area (Å²) in [6, 6.07) is 11.1. The molecule has 0 aliphatic carbocycles. The highest BCUT2D eigenvalue weighted by atomic mass is 16.3. The van der Waals surface area contributed by atoms with Gasteiger partial charge in [-0.1, -0.05) is 30.3 Å². The number of hydrazone groups is 1. The number of aliphatic hydroxyl groups is 1. The molecule has 0 aliphatic heterocycles. The Morgan fingerprint density at radius 2 is 2.08 bits per heavy atom. The molecule has 3 aromatic rings. The molecule has 1 heterocycles. The van der Waals surface area contributed by atoms with E-state index in [1.54, 1.807) is 13.0 Å². The van der Waals surface area contributed by atoms with E-state index in [2.05, 4.69) is 20.5 Å². The van der Waals surface area contributed by atoms with Crippen LogP contribution in [0.5, 0.6) is 5.75 Å². The molecule has 1 aromatic heterocycles. The molecule has 7 heteroatoms. The van der Waals surface area contributed by atoms with E-state index in [9.17, 15) is 9.90 Å². The molecule has 0 spiro atoms. The Morgan fingerprint density at radius 1 is 1.28 bits per heavy atom. The Labute approximate surface area is 143 Å². The molecule has 0 radical (unpaired) electrons. The van der Waals surface area contributed by atoms with Gasteiger partial charge < -0.3 is 10.2 Å². The predicted octanol–water partition coefficient (Wildman–Crippen LogP) is 1.92. The van der Waals surface area contributed by atoms with Crippen molar-refractivity contribution in [1.82, 2.24) is 9.97 Å². The zero-order valence-corrected chi connectivity index (χ0v) is 13.7. The van der Waals surface area contributed by atoms with Gasteiger partial charge >= 0.3 is 0 Å². The maximum absolute atomic E-state index is 12.0. The summed E-state index contributed by atoms with van der Waals surface area (Å²) < 4.78 is 0. The molecule has 2 aromatic carbocycles. The van der Waals surface area contributed by atoms with Crippen molar-refractivity contribution < 1.29 is 10.2 Å². The SMILES string of the molecule is Cc1nc(N/N=C\c2c(O)ccc3ccccc23)[nH]c(=O)c1CCO. The zero-order valence-electron chi connectivity index (χ0n) is 13.7. The van der Waals surface area contributed by atoms with Gasteiger partial charge in [0, 0.05) is 24.2 Å². The Hall–Kier alpha value is -3.19. The number of aliphatic hydroxyl groups excluding tert-OH is 1. The normalized spacial score (nSPS) is 11.3. The first kappa shape index (κ1) is 16.7. The molecule has 0 unspecified atom stereocenters. The van der Waals surface area contributed by atoms with Gasteiger partial charge in [0.15, 0.2) is 0 Å². The number of nitrogens with zero attached hydrogens (tertiary/aromatic N) is 2. The average molecular weight is 338 g/mol. The fourth-order valence-electron chi connectivity index (χ4n) is 2.65. The number of aryl methyl sites for hydroxylation is 1. The lowest BCUT2D eigenvalue weighted by atomic mass is 10.0. The molecule has 128 valence electrons. The van der Waals surface area contributed by atoms with Crippen LogP contribution in [0.2, 0.25) is 0 Å². The van der Waals surface area contributed by atoms with Crippen LogP contribution < -0.4 is 11.0 Å². The summed E-state index contributed by atoms with van der Waals surface area (Å²) >= 11 is 0. The molecule has 7 nitrogen and oxygen atoms in total. The standard InChI is InChI=1S/C18H18N4O3/c1-11-13(8-9-23)17(25)21-18(20-11)22-19-10-15-14-5-3-2-4-12(14)6-7-16(15)24/h2-7,10,23-24H,8-9H2,1H3,(H2,20,21,22,25)/b19-10-. The minimum atomic E-state index is -0.313. The third-order valence-corrected chi connectivity index (χ3v) is 3.90. The van der Waals surface area contributed by atoms with Crippen molar-refractivity contribution in [2.24, 2.45) is 5.10 Å². The molecule has 0 amide bonds. The second kappa shape index (κ2) is 7.14. The summed E-state index contributed by atoms with van der Waals surface area (Å²) in [5.74, 6) is 0.306. The van der Waals surface area contributed by atoms with Crippen molar-refractivity contribution >= 4 is 22.9 Å². The van der Waals surface area contributed by atoms with Crippen LogP contribution in [0.1, 0.15) is 16.8 Å². The summed E-state index contributed by atoms with van der Waals surface area (Å²) in [5, 5.41) is 25.0. The summed E-state index contributed by atoms with van der Waals surface area (Å²) in [6.07, 6.45) is 1.73. The molecule has 3 rings (SSSR count). The van der Waals surface area contributed by atoms with Gasteiger partial charge in [-0.2, -0.15) is 5.10 Å². The van der Waals surface area contributed by atoms with Crippen LogP contribution in [0, 0.1) is 6.92 Å². The van der Waals surface area contributed by atoms with Crippen molar-refractivity contribution in [2.45, 2.75) is 13.3 Å². The van der Waals surface area contributed by atoms with Crippen LogP contribution in [0.3, 0.4) is 0 Å². The number of hydrogen-bond acceptors (Lipinski definition) is 6. The topological polar surface area (TPSA) is 111 Å². The highest BCUT2D eigenvalue weighted by Gasteiger charge is 2.07. The van der Waals surface area contributed by atoms with E-state index in [-0.39, 0.29) is 30.3 Å². The van der Waals surface area contributed by atoms with E-state index in [4.69, 9.17) is 5.11 Å². The van der Waals surface area contributed by atoms with E-state index in [0.29, 0.717) is 16.8 Å². The monoisotopic (exact) mass is 338 g/mol. The van der Waals surface area contributed by atoms with Gasteiger partial charge in [-0.25, -0.2) is 10.4 Å². The summed E-state index contributed by atoms with van der Waals surface area (Å²) in [6.45, 7) is 1.59. The van der Waals surface area contributed by atoms with Gasteiger partial charge in [-0.3, -0.25) is 9.78 Å². The second-order valence-electron chi connectivity index (χ2n) is 5.54. The third kappa shape index (κ3) is 3.51. The Morgan fingerprint density at radius 3 is 2.84 bits per heavy atom. The van der Waals surface area contributed by atoms with Gasteiger partial charge in [0.2, 0.25) is 5.95 Å². The predicted molar refractivity (Wildman–Crippen MR) is 97.2 cm³/mol. The Balaban J connectivity index is 1.87. The highest BCUT2D eigenvalue weighted by Crippen LogP contribution is 2.25. The fraction of sp³-hybridized carbons (Fsp3) is 0.167. The quantitative estimate of drug-likeness (QED) is 0.420. The number of aromatic hydroxyl groups is 1. The second-order valence-corrected chi connectivity index (χ2v) is 5.54. The smallest absolute Gasteiger partial charge is 0.255 e. The van der Waals surface area contributed by atoms with Crippen molar-refractivity contribution in [3.05, 3.63) is 63.6 Å².